The molecule has 412 valence electrons. The molecule has 0 aliphatic heterocycles. The maximum atomic E-state index is 14.8. The van der Waals surface area contributed by atoms with E-state index in [2.05, 4.69) is 10.6 Å². The Hall–Kier alpha value is -4.40. The summed E-state index contributed by atoms with van der Waals surface area (Å²) in [5.74, 6) is -5.02. The van der Waals surface area contributed by atoms with Crippen LogP contribution in [0.15, 0.2) is 18.5 Å². The molecular formula is C53H88IN3O15. The number of nitrogens with zero attached hydrogens (tertiary/aromatic N) is 1. The van der Waals surface area contributed by atoms with E-state index in [1.165, 1.54) is 23.0 Å². The van der Waals surface area contributed by atoms with Gasteiger partial charge in [-0.25, -0.2) is 4.57 Å². The van der Waals surface area contributed by atoms with E-state index in [1.807, 2.05) is 0 Å². The molecule has 2 amide bonds. The molecule has 0 aliphatic rings. The lowest BCUT2D eigenvalue weighted by Crippen LogP contribution is -3.00. The quantitative estimate of drug-likeness (QED) is 0.0553. The van der Waals surface area contributed by atoms with Gasteiger partial charge in [0.25, 0.3) is 11.8 Å². The molecule has 1 heterocycles. The highest BCUT2D eigenvalue weighted by Crippen LogP contribution is 2.31. The van der Waals surface area contributed by atoms with Gasteiger partial charge in [-0.05, 0) is 169 Å². The van der Waals surface area contributed by atoms with Crippen LogP contribution in [-0.4, -0.2) is 104 Å². The van der Waals surface area contributed by atoms with Crippen molar-refractivity contribution in [1.82, 2.24) is 10.6 Å². The summed E-state index contributed by atoms with van der Waals surface area (Å²) in [5, 5.41) is 16.1. The first-order valence-electron chi connectivity index (χ1n) is 24.6. The molecule has 0 unspecified atom stereocenters. The number of carbonyl (C=O) groups excluding carboxylic acids is 8. The van der Waals surface area contributed by atoms with Crippen molar-refractivity contribution in [2.45, 2.75) is 253 Å². The zero-order chi connectivity index (χ0) is 55.0. The zero-order valence-electron chi connectivity index (χ0n) is 46.6. The van der Waals surface area contributed by atoms with Crippen LogP contribution < -0.4 is 39.2 Å². The van der Waals surface area contributed by atoms with Gasteiger partial charge in [0.15, 0.2) is 18.9 Å². The molecule has 3 N–H and O–H groups in total. The number of pyridine rings is 1. The van der Waals surface area contributed by atoms with Crippen molar-refractivity contribution in [2.24, 2.45) is 0 Å². The number of hydrogen-bond acceptors (Lipinski definition) is 15. The Morgan fingerprint density at radius 3 is 0.764 bits per heavy atom. The predicted octanol–water partition coefficient (Wildman–Crippen LogP) is 4.64. The number of carbonyl (C=O) groups is 8. The summed E-state index contributed by atoms with van der Waals surface area (Å²) in [6.45, 7) is 30.3. The predicted molar refractivity (Wildman–Crippen MR) is 265 cm³/mol. The number of ether oxygens (including phenoxy) is 6. The van der Waals surface area contributed by atoms with Crippen molar-refractivity contribution in [2.75, 3.05) is 6.61 Å². The van der Waals surface area contributed by atoms with Gasteiger partial charge in [0, 0.05) is 49.6 Å². The lowest BCUT2D eigenvalue weighted by molar-refractivity contribution is -0.698. The van der Waals surface area contributed by atoms with Gasteiger partial charge >= 0.3 is 35.8 Å². The molecule has 0 fully saturated rings. The van der Waals surface area contributed by atoms with Gasteiger partial charge in [0.1, 0.15) is 51.3 Å². The summed E-state index contributed by atoms with van der Waals surface area (Å²) in [6, 6.07) is 1.30. The Labute approximate surface area is 445 Å². The normalized spacial score (nSPS) is 12.7. The first kappa shape index (κ1) is 67.6. The monoisotopic (exact) mass is 1130 g/mol. The number of halogens is 1. The molecule has 1 aromatic heterocycles. The molecular weight excluding hydrogens is 1050 g/mol. The second-order valence-electron chi connectivity index (χ2n) is 24.3. The van der Waals surface area contributed by atoms with Crippen LogP contribution in [0.3, 0.4) is 0 Å². The van der Waals surface area contributed by atoms with Gasteiger partial charge in [0.2, 0.25) is 0 Å². The SMILES string of the molecule is CC(C)(C)OC(=O)CCC(CCC(=O)OC(C)(C)C)(CCC(=O)OC(C)(C)C)NC(=O)c1cc(C(=O)NC(CCC(=O)OC(C)(C)C)(CCC(=O)OC(C)(C)C)CCC(=O)OC(C)(C)C)c[n+](CCO)c1.[I-]. The molecule has 72 heavy (non-hydrogen) atoms. The smallest absolute Gasteiger partial charge is 0.306 e. The first-order valence-corrected chi connectivity index (χ1v) is 24.6. The topological polar surface area (TPSA) is 240 Å². The number of esters is 6. The molecule has 18 nitrogen and oxygen atoms in total. The highest BCUT2D eigenvalue weighted by molar-refractivity contribution is 5.99. The minimum Gasteiger partial charge on any atom is -1.00 e. The van der Waals surface area contributed by atoms with E-state index in [4.69, 9.17) is 28.4 Å². The third-order valence-electron chi connectivity index (χ3n) is 9.93. The zero-order valence-corrected chi connectivity index (χ0v) is 48.8. The summed E-state index contributed by atoms with van der Waals surface area (Å²) >= 11 is 0. The Balaban J connectivity index is 0.0000504. The van der Waals surface area contributed by atoms with E-state index in [0.29, 0.717) is 0 Å². The van der Waals surface area contributed by atoms with E-state index in [9.17, 15) is 43.5 Å². The van der Waals surface area contributed by atoms with E-state index < -0.39 is 98.9 Å². The standard InChI is InChI=1S/C53H87N3O15.HI/c1-46(2,3)66-38(58)19-25-52(26-20-39(59)67-47(4,5)6,27-21-40(60)68-48(7,8)9)54-44(64)36-33-37(35-56(34-36)31-32-57)45(65)55-53(28-22-41(61)69-49(10,11)12,29-23-42(62)70-50(13,14)15)30-24-43(63)71-51(16,17)18;/h33-35,57H,19-32H2,1-18H3,(H-,54,55,64,65);1H. The van der Waals surface area contributed by atoms with Crippen molar-refractivity contribution >= 4 is 47.6 Å². The number of hydrogen-bond donors (Lipinski definition) is 3. The molecule has 1 aromatic rings. The van der Waals surface area contributed by atoms with Crippen LogP contribution in [0.25, 0.3) is 0 Å². The van der Waals surface area contributed by atoms with Crippen LogP contribution in [0.2, 0.25) is 0 Å². The average Bonchev–Trinajstić information content (AvgIpc) is 3.15. The lowest BCUT2D eigenvalue weighted by atomic mass is 9.83. The van der Waals surface area contributed by atoms with Crippen molar-refractivity contribution in [3.63, 3.8) is 0 Å². The van der Waals surface area contributed by atoms with Crippen LogP contribution in [0.5, 0.6) is 0 Å². The maximum absolute atomic E-state index is 14.8. The van der Waals surface area contributed by atoms with Gasteiger partial charge < -0.3 is 68.1 Å². The molecule has 19 heteroatoms. The number of amides is 2. The molecule has 1 rings (SSSR count). The summed E-state index contributed by atoms with van der Waals surface area (Å²) in [6.07, 6.45) is 1.04. The summed E-state index contributed by atoms with van der Waals surface area (Å²) in [7, 11) is 0. The average molecular weight is 1130 g/mol. The number of aromatic nitrogens is 1. The summed E-state index contributed by atoms with van der Waals surface area (Å²) < 4.78 is 35.0. The van der Waals surface area contributed by atoms with E-state index >= 15 is 0 Å². The van der Waals surface area contributed by atoms with Crippen LogP contribution >= 0.6 is 0 Å². The minimum absolute atomic E-state index is 0. The van der Waals surface area contributed by atoms with Crippen molar-refractivity contribution in [3.05, 3.63) is 29.6 Å². The molecule has 0 radical (unpaired) electrons. The Bertz CT molecular complexity index is 1720. The van der Waals surface area contributed by atoms with Crippen LogP contribution in [0.1, 0.15) is 222 Å². The molecule has 0 atom stereocenters. The summed E-state index contributed by atoms with van der Waals surface area (Å²) in [5.41, 5.74) is -8.04. The second kappa shape index (κ2) is 27.8. The van der Waals surface area contributed by atoms with Crippen LogP contribution in [0, 0.1) is 0 Å². The van der Waals surface area contributed by atoms with Crippen LogP contribution in [-0.2, 0) is 63.7 Å². The number of rotatable bonds is 24. The van der Waals surface area contributed by atoms with Gasteiger partial charge in [-0.1, -0.05) is 0 Å². The minimum atomic E-state index is -1.43. The third kappa shape index (κ3) is 30.6. The van der Waals surface area contributed by atoms with Crippen molar-refractivity contribution in [3.8, 4) is 0 Å². The van der Waals surface area contributed by atoms with Crippen molar-refractivity contribution in [1.29, 1.82) is 0 Å². The molecule has 0 spiro atoms. The van der Waals surface area contributed by atoms with E-state index in [-0.39, 0.29) is 119 Å². The van der Waals surface area contributed by atoms with Crippen LogP contribution in [0.4, 0.5) is 0 Å². The molecule has 0 saturated heterocycles. The highest BCUT2D eigenvalue weighted by Gasteiger charge is 2.39. The maximum Gasteiger partial charge on any atom is 0.306 e. The second-order valence-corrected chi connectivity index (χ2v) is 24.3. The molecule has 0 bridgehead atoms. The van der Waals surface area contributed by atoms with Gasteiger partial charge in [-0.15, -0.1) is 0 Å². The number of aliphatic hydroxyl groups excluding tert-OH is 1. The largest absolute Gasteiger partial charge is 1.00 e. The van der Waals surface area contributed by atoms with Gasteiger partial charge in [-0.3, -0.25) is 38.4 Å². The van der Waals surface area contributed by atoms with Crippen molar-refractivity contribution < 1.29 is 100 Å². The molecule has 0 saturated carbocycles. The fourth-order valence-corrected chi connectivity index (χ4v) is 7.28. The van der Waals surface area contributed by atoms with E-state index in [1.54, 1.807) is 125 Å². The first-order chi connectivity index (χ1) is 32.0. The molecule has 0 aliphatic carbocycles. The Kier molecular flexibility index (Phi) is 26.1. The lowest BCUT2D eigenvalue weighted by Gasteiger charge is -2.36. The molecule has 0 aromatic carbocycles. The Morgan fingerprint density at radius 1 is 0.403 bits per heavy atom. The number of nitrogens with one attached hydrogen (secondary N) is 2. The Morgan fingerprint density at radius 2 is 0.597 bits per heavy atom. The highest BCUT2D eigenvalue weighted by atomic mass is 127. The third-order valence-corrected chi connectivity index (χ3v) is 9.93. The van der Waals surface area contributed by atoms with Gasteiger partial charge in [0.05, 0.1) is 0 Å². The fraction of sp³-hybridized carbons (Fsp3) is 0.755. The number of aliphatic hydroxyl groups is 1. The van der Waals surface area contributed by atoms with E-state index in [0.717, 1.165) is 0 Å². The summed E-state index contributed by atoms with van der Waals surface area (Å²) in [4.78, 5) is 109. The fourth-order valence-electron chi connectivity index (χ4n) is 7.28. The van der Waals surface area contributed by atoms with Gasteiger partial charge in [-0.2, -0.15) is 0 Å².